The van der Waals surface area contributed by atoms with Crippen molar-refractivity contribution in [3.8, 4) is 0 Å². The molecular formula is C14H23ClN4O2. The highest BCUT2D eigenvalue weighted by atomic mass is 35.5. The Labute approximate surface area is 129 Å². The van der Waals surface area contributed by atoms with Gasteiger partial charge >= 0.3 is 0 Å². The Hall–Kier alpha value is -1.11. The second kappa shape index (κ2) is 6.77. The van der Waals surface area contributed by atoms with E-state index in [4.69, 9.17) is 22.1 Å². The second-order valence-corrected chi connectivity index (χ2v) is 6.32. The molecule has 2 rings (SSSR count). The van der Waals surface area contributed by atoms with Crippen LogP contribution < -0.4 is 16.2 Å². The summed E-state index contributed by atoms with van der Waals surface area (Å²) in [5.41, 5.74) is 6.31. The Morgan fingerprint density at radius 2 is 2.24 bits per heavy atom. The van der Waals surface area contributed by atoms with E-state index in [9.17, 15) is 4.79 Å². The summed E-state index contributed by atoms with van der Waals surface area (Å²) in [7, 11) is 0. The van der Waals surface area contributed by atoms with E-state index in [1.54, 1.807) is 6.20 Å². The standard InChI is InChI=1S/C14H23ClN4O2/c1-9(2)7-19-14(20)13(15)11(6-17-19)18-4-5-21-12(8-18)10(3)16/h6,9-10,12H,4-5,7-8,16H2,1-3H3. The van der Waals surface area contributed by atoms with Gasteiger partial charge in [-0.15, -0.1) is 0 Å². The summed E-state index contributed by atoms with van der Waals surface area (Å²) < 4.78 is 7.04. The van der Waals surface area contributed by atoms with E-state index in [1.807, 2.05) is 25.7 Å². The summed E-state index contributed by atoms with van der Waals surface area (Å²) in [6, 6.07) is -0.0687. The number of nitrogens with zero attached hydrogens (tertiary/aromatic N) is 3. The van der Waals surface area contributed by atoms with Crippen LogP contribution in [0.4, 0.5) is 5.69 Å². The van der Waals surface area contributed by atoms with Crippen LogP contribution in [-0.2, 0) is 11.3 Å². The molecule has 2 atom stereocenters. The minimum absolute atomic E-state index is 0.0621. The predicted octanol–water partition coefficient (Wildman–Crippen LogP) is 1.11. The van der Waals surface area contributed by atoms with Crippen LogP contribution in [-0.4, -0.2) is 41.6 Å². The van der Waals surface area contributed by atoms with Crippen molar-refractivity contribution in [2.75, 3.05) is 24.6 Å². The van der Waals surface area contributed by atoms with Gasteiger partial charge in [-0.1, -0.05) is 25.4 Å². The first-order chi connectivity index (χ1) is 9.90. The maximum Gasteiger partial charge on any atom is 0.287 e. The number of rotatable bonds is 4. The molecule has 0 amide bonds. The van der Waals surface area contributed by atoms with Crippen LogP contribution >= 0.6 is 11.6 Å². The van der Waals surface area contributed by atoms with Crippen molar-refractivity contribution in [3.63, 3.8) is 0 Å². The van der Waals surface area contributed by atoms with Gasteiger partial charge in [-0.05, 0) is 12.8 Å². The largest absolute Gasteiger partial charge is 0.373 e. The van der Waals surface area contributed by atoms with Crippen LogP contribution in [0.3, 0.4) is 0 Å². The van der Waals surface area contributed by atoms with Gasteiger partial charge in [0, 0.05) is 25.7 Å². The zero-order chi connectivity index (χ0) is 15.6. The maximum atomic E-state index is 12.3. The summed E-state index contributed by atoms with van der Waals surface area (Å²) in [6.07, 6.45) is 1.60. The van der Waals surface area contributed by atoms with E-state index in [1.165, 1.54) is 4.68 Å². The lowest BCUT2D eigenvalue weighted by Gasteiger charge is -2.36. The molecule has 1 aliphatic heterocycles. The van der Waals surface area contributed by atoms with E-state index in [0.29, 0.717) is 37.8 Å². The number of nitrogens with two attached hydrogens (primary N) is 1. The van der Waals surface area contributed by atoms with Gasteiger partial charge in [-0.2, -0.15) is 5.10 Å². The first-order valence-corrected chi connectivity index (χ1v) is 7.65. The molecule has 1 fully saturated rings. The van der Waals surface area contributed by atoms with Gasteiger partial charge in [0.2, 0.25) is 0 Å². The van der Waals surface area contributed by atoms with Crippen molar-refractivity contribution >= 4 is 17.3 Å². The van der Waals surface area contributed by atoms with Gasteiger partial charge in [-0.3, -0.25) is 4.79 Å². The van der Waals surface area contributed by atoms with Gasteiger partial charge in [0.15, 0.2) is 0 Å². The molecule has 7 heteroatoms. The summed E-state index contributed by atoms with van der Waals surface area (Å²) in [5, 5.41) is 4.45. The maximum absolute atomic E-state index is 12.3. The molecule has 2 unspecified atom stereocenters. The van der Waals surface area contributed by atoms with Crippen LogP contribution in [0, 0.1) is 5.92 Å². The topological polar surface area (TPSA) is 73.4 Å². The molecule has 2 heterocycles. The van der Waals surface area contributed by atoms with E-state index in [-0.39, 0.29) is 22.7 Å². The van der Waals surface area contributed by atoms with Gasteiger partial charge in [0.1, 0.15) is 5.02 Å². The average Bonchev–Trinajstić information content (AvgIpc) is 2.44. The normalized spacial score (nSPS) is 20.9. The number of morpholine rings is 1. The highest BCUT2D eigenvalue weighted by Crippen LogP contribution is 2.23. The third kappa shape index (κ3) is 3.75. The molecule has 0 spiro atoms. The molecule has 0 saturated carbocycles. The highest BCUT2D eigenvalue weighted by molar-refractivity contribution is 6.33. The van der Waals surface area contributed by atoms with Crippen LogP contribution in [0.1, 0.15) is 20.8 Å². The van der Waals surface area contributed by atoms with Crippen molar-refractivity contribution in [3.05, 3.63) is 21.6 Å². The van der Waals surface area contributed by atoms with Crippen LogP contribution in [0.2, 0.25) is 5.02 Å². The quantitative estimate of drug-likeness (QED) is 0.901. The molecule has 6 nitrogen and oxygen atoms in total. The number of hydrogen-bond donors (Lipinski definition) is 1. The number of aromatic nitrogens is 2. The summed E-state index contributed by atoms with van der Waals surface area (Å²) >= 11 is 6.26. The van der Waals surface area contributed by atoms with Gasteiger partial charge in [0.05, 0.1) is 24.6 Å². The third-order valence-electron chi connectivity index (χ3n) is 3.53. The Kier molecular flexibility index (Phi) is 5.24. The SMILES string of the molecule is CC(C)Cn1ncc(N2CCOC(C(C)N)C2)c(Cl)c1=O. The van der Waals surface area contributed by atoms with E-state index in [2.05, 4.69) is 5.10 Å². The lowest BCUT2D eigenvalue weighted by Crippen LogP contribution is -2.50. The van der Waals surface area contributed by atoms with Crippen molar-refractivity contribution in [2.24, 2.45) is 11.7 Å². The second-order valence-electron chi connectivity index (χ2n) is 5.94. The molecule has 0 aromatic carbocycles. The fourth-order valence-electron chi connectivity index (χ4n) is 2.37. The molecule has 1 saturated heterocycles. The fourth-order valence-corrected chi connectivity index (χ4v) is 2.63. The van der Waals surface area contributed by atoms with Gasteiger partial charge in [0.25, 0.3) is 5.56 Å². The molecule has 0 aliphatic carbocycles. The Balaban J connectivity index is 2.24. The lowest BCUT2D eigenvalue weighted by atomic mass is 10.1. The lowest BCUT2D eigenvalue weighted by molar-refractivity contribution is 0.0275. The molecule has 21 heavy (non-hydrogen) atoms. The van der Waals surface area contributed by atoms with Crippen molar-refractivity contribution in [1.82, 2.24) is 9.78 Å². The highest BCUT2D eigenvalue weighted by Gasteiger charge is 2.26. The van der Waals surface area contributed by atoms with Crippen LogP contribution in [0.15, 0.2) is 11.0 Å². The molecule has 118 valence electrons. The molecule has 1 aromatic heterocycles. The summed E-state index contributed by atoms with van der Waals surface area (Å²) in [5.74, 6) is 0.336. The molecule has 2 N–H and O–H groups in total. The smallest absolute Gasteiger partial charge is 0.287 e. The minimum atomic E-state index is -0.244. The fraction of sp³-hybridized carbons (Fsp3) is 0.714. The molecule has 0 radical (unpaired) electrons. The minimum Gasteiger partial charge on any atom is -0.373 e. The number of halogens is 1. The van der Waals surface area contributed by atoms with Gasteiger partial charge in [-0.25, -0.2) is 4.68 Å². The number of hydrogen-bond acceptors (Lipinski definition) is 5. The number of anilines is 1. The van der Waals surface area contributed by atoms with Gasteiger partial charge < -0.3 is 15.4 Å². The molecule has 1 aliphatic rings. The Bertz CT molecular complexity index is 544. The van der Waals surface area contributed by atoms with E-state index in [0.717, 1.165) is 0 Å². The van der Waals surface area contributed by atoms with E-state index >= 15 is 0 Å². The molecule has 1 aromatic rings. The third-order valence-corrected chi connectivity index (χ3v) is 3.88. The van der Waals surface area contributed by atoms with Crippen LogP contribution in [0.5, 0.6) is 0 Å². The molecule has 0 bridgehead atoms. The zero-order valence-electron chi connectivity index (χ0n) is 12.8. The first-order valence-electron chi connectivity index (χ1n) is 7.28. The number of ether oxygens (including phenoxy) is 1. The Morgan fingerprint density at radius 3 is 2.86 bits per heavy atom. The monoisotopic (exact) mass is 314 g/mol. The first kappa shape index (κ1) is 16.3. The Morgan fingerprint density at radius 1 is 1.52 bits per heavy atom. The average molecular weight is 315 g/mol. The zero-order valence-corrected chi connectivity index (χ0v) is 13.5. The van der Waals surface area contributed by atoms with Crippen molar-refractivity contribution in [1.29, 1.82) is 0 Å². The summed E-state index contributed by atoms with van der Waals surface area (Å²) in [6.45, 7) is 8.40. The van der Waals surface area contributed by atoms with E-state index < -0.39 is 0 Å². The van der Waals surface area contributed by atoms with Crippen molar-refractivity contribution < 1.29 is 4.74 Å². The van der Waals surface area contributed by atoms with Crippen molar-refractivity contribution in [2.45, 2.75) is 39.5 Å². The summed E-state index contributed by atoms with van der Waals surface area (Å²) in [4.78, 5) is 14.3. The predicted molar refractivity (Wildman–Crippen MR) is 83.9 cm³/mol. The van der Waals surface area contributed by atoms with Crippen LogP contribution in [0.25, 0.3) is 0 Å². The molecular weight excluding hydrogens is 292 g/mol.